The van der Waals surface area contributed by atoms with Crippen LogP contribution in [0.15, 0.2) is 22.7 Å². The van der Waals surface area contributed by atoms with Crippen molar-refractivity contribution in [3.8, 4) is 0 Å². The van der Waals surface area contributed by atoms with Gasteiger partial charge in [-0.3, -0.25) is 4.79 Å². The van der Waals surface area contributed by atoms with E-state index in [4.69, 9.17) is 5.73 Å². The molecule has 0 saturated heterocycles. The largest absolute Gasteiger partial charge is 0.398 e. The normalized spacial score (nSPS) is 23.7. The fraction of sp³-hybridized carbons (Fsp3) is 0.500. The van der Waals surface area contributed by atoms with E-state index < -0.39 is 0 Å². The van der Waals surface area contributed by atoms with Crippen LogP contribution in [-0.4, -0.2) is 11.9 Å². The Balaban J connectivity index is 1.97. The molecule has 1 fully saturated rings. The first-order chi connectivity index (χ1) is 8.56. The van der Waals surface area contributed by atoms with Gasteiger partial charge in [0.15, 0.2) is 0 Å². The van der Waals surface area contributed by atoms with E-state index in [-0.39, 0.29) is 5.91 Å². The Kier molecular flexibility index (Phi) is 4.27. The van der Waals surface area contributed by atoms with Crippen LogP contribution in [0.5, 0.6) is 0 Å². The highest BCUT2D eigenvalue weighted by Crippen LogP contribution is 2.24. The molecule has 0 spiro atoms. The number of nitrogen functional groups attached to an aromatic ring is 1. The highest BCUT2D eigenvalue weighted by atomic mass is 79.9. The fourth-order valence-corrected chi connectivity index (χ4v) is 2.72. The highest BCUT2D eigenvalue weighted by molar-refractivity contribution is 9.10. The van der Waals surface area contributed by atoms with Gasteiger partial charge < -0.3 is 11.1 Å². The quantitative estimate of drug-likeness (QED) is 0.823. The number of carbonyl (C=O) groups is 1. The predicted octanol–water partition coefficient (Wildman–Crippen LogP) is 3.34. The Morgan fingerprint density at radius 1 is 1.33 bits per heavy atom. The lowest BCUT2D eigenvalue weighted by Gasteiger charge is -2.26. The minimum Gasteiger partial charge on any atom is -0.398 e. The standard InChI is InChI=1S/C14H19BrN2O/c1-9-2-5-11(6-3-9)17-14(18)10-4-7-13(16)12(15)8-10/h4,7-9,11H,2-3,5-6,16H2,1H3,(H,17,18). The summed E-state index contributed by atoms with van der Waals surface area (Å²) in [6.07, 6.45) is 4.58. The topological polar surface area (TPSA) is 55.1 Å². The van der Waals surface area contributed by atoms with Crippen LogP contribution >= 0.6 is 15.9 Å². The van der Waals surface area contributed by atoms with Crippen LogP contribution in [0.1, 0.15) is 43.0 Å². The maximum absolute atomic E-state index is 12.1. The molecule has 98 valence electrons. The van der Waals surface area contributed by atoms with Gasteiger partial charge in [0.05, 0.1) is 0 Å². The summed E-state index contributed by atoms with van der Waals surface area (Å²) in [7, 11) is 0. The second kappa shape index (κ2) is 5.74. The van der Waals surface area contributed by atoms with E-state index in [0.29, 0.717) is 17.3 Å². The number of benzene rings is 1. The molecule has 0 heterocycles. The van der Waals surface area contributed by atoms with Gasteiger partial charge in [-0.25, -0.2) is 0 Å². The van der Waals surface area contributed by atoms with E-state index in [1.54, 1.807) is 18.2 Å². The molecule has 1 aromatic carbocycles. The molecular formula is C14H19BrN2O. The minimum atomic E-state index is -0.00440. The molecule has 1 amide bonds. The van der Waals surface area contributed by atoms with Crippen molar-refractivity contribution in [2.45, 2.75) is 38.6 Å². The number of carbonyl (C=O) groups excluding carboxylic acids is 1. The molecule has 2 rings (SSSR count). The lowest BCUT2D eigenvalue weighted by molar-refractivity contribution is 0.0923. The van der Waals surface area contributed by atoms with E-state index in [9.17, 15) is 4.79 Å². The third-order valence-corrected chi connectivity index (χ3v) is 4.30. The van der Waals surface area contributed by atoms with Crippen molar-refractivity contribution in [2.75, 3.05) is 5.73 Å². The third kappa shape index (κ3) is 3.25. The number of amides is 1. The number of anilines is 1. The van der Waals surface area contributed by atoms with Crippen molar-refractivity contribution in [3.05, 3.63) is 28.2 Å². The number of halogens is 1. The smallest absolute Gasteiger partial charge is 0.251 e. The number of rotatable bonds is 2. The lowest BCUT2D eigenvalue weighted by Crippen LogP contribution is -2.37. The van der Waals surface area contributed by atoms with Gasteiger partial charge in [-0.2, -0.15) is 0 Å². The van der Waals surface area contributed by atoms with Crippen molar-refractivity contribution < 1.29 is 4.79 Å². The molecule has 0 radical (unpaired) electrons. The first kappa shape index (κ1) is 13.4. The predicted molar refractivity (Wildman–Crippen MR) is 77.4 cm³/mol. The molecule has 0 aromatic heterocycles. The van der Waals surface area contributed by atoms with Crippen molar-refractivity contribution in [1.82, 2.24) is 5.32 Å². The Morgan fingerprint density at radius 3 is 2.61 bits per heavy atom. The summed E-state index contributed by atoms with van der Waals surface area (Å²) in [5.41, 5.74) is 7.02. The molecule has 0 aliphatic heterocycles. The van der Waals surface area contributed by atoms with E-state index in [1.807, 2.05) is 0 Å². The van der Waals surface area contributed by atoms with Crippen LogP contribution < -0.4 is 11.1 Å². The average Bonchev–Trinajstić information content (AvgIpc) is 2.35. The zero-order chi connectivity index (χ0) is 13.1. The van der Waals surface area contributed by atoms with Crippen molar-refractivity contribution in [3.63, 3.8) is 0 Å². The van der Waals surface area contributed by atoms with Crippen LogP contribution in [-0.2, 0) is 0 Å². The summed E-state index contributed by atoms with van der Waals surface area (Å²) >= 11 is 3.34. The van der Waals surface area contributed by atoms with Crippen molar-refractivity contribution in [2.24, 2.45) is 5.92 Å². The third-order valence-electron chi connectivity index (χ3n) is 3.61. The summed E-state index contributed by atoms with van der Waals surface area (Å²) < 4.78 is 0.771. The molecule has 0 bridgehead atoms. The number of nitrogens with one attached hydrogen (secondary N) is 1. The van der Waals surface area contributed by atoms with E-state index in [1.165, 1.54) is 12.8 Å². The maximum atomic E-state index is 12.1. The number of hydrogen-bond acceptors (Lipinski definition) is 2. The number of nitrogens with two attached hydrogens (primary N) is 1. The molecular weight excluding hydrogens is 292 g/mol. The zero-order valence-corrected chi connectivity index (χ0v) is 12.2. The van der Waals surface area contributed by atoms with Crippen LogP contribution in [0.25, 0.3) is 0 Å². The average molecular weight is 311 g/mol. The van der Waals surface area contributed by atoms with Gasteiger partial charge in [0.25, 0.3) is 5.91 Å². The Labute approximate surface area is 116 Å². The Morgan fingerprint density at radius 2 is 2.00 bits per heavy atom. The van der Waals surface area contributed by atoms with Gasteiger partial charge in [-0.1, -0.05) is 6.92 Å². The molecule has 0 unspecified atom stereocenters. The minimum absolute atomic E-state index is 0.00440. The monoisotopic (exact) mass is 310 g/mol. The summed E-state index contributed by atoms with van der Waals surface area (Å²) in [5.74, 6) is 0.791. The molecule has 1 aliphatic carbocycles. The molecule has 18 heavy (non-hydrogen) atoms. The fourth-order valence-electron chi connectivity index (χ4n) is 2.34. The Bertz CT molecular complexity index is 439. The van der Waals surface area contributed by atoms with Crippen molar-refractivity contribution >= 4 is 27.5 Å². The highest BCUT2D eigenvalue weighted by Gasteiger charge is 2.20. The van der Waals surface area contributed by atoms with Crippen LogP contribution in [0.4, 0.5) is 5.69 Å². The molecule has 1 aromatic rings. The summed E-state index contributed by atoms with van der Waals surface area (Å²) in [5, 5.41) is 3.10. The zero-order valence-electron chi connectivity index (χ0n) is 10.6. The van der Waals surface area contributed by atoms with Gasteiger partial charge in [0, 0.05) is 21.8 Å². The molecule has 0 atom stereocenters. The Hall–Kier alpha value is -1.03. The number of hydrogen-bond donors (Lipinski definition) is 2. The summed E-state index contributed by atoms with van der Waals surface area (Å²) in [6.45, 7) is 2.27. The first-order valence-electron chi connectivity index (χ1n) is 6.42. The lowest BCUT2D eigenvalue weighted by atomic mass is 9.87. The SMILES string of the molecule is CC1CCC(NC(=O)c2ccc(N)c(Br)c2)CC1. The van der Waals surface area contributed by atoms with Crippen LogP contribution in [0.2, 0.25) is 0 Å². The van der Waals surface area contributed by atoms with E-state index in [0.717, 1.165) is 23.2 Å². The van der Waals surface area contributed by atoms with Gasteiger partial charge in [0.1, 0.15) is 0 Å². The van der Waals surface area contributed by atoms with Gasteiger partial charge in [-0.05, 0) is 65.7 Å². The molecule has 4 heteroatoms. The molecule has 1 aliphatic rings. The van der Waals surface area contributed by atoms with Gasteiger partial charge >= 0.3 is 0 Å². The second-order valence-electron chi connectivity index (χ2n) is 5.17. The van der Waals surface area contributed by atoms with Gasteiger partial charge in [0.2, 0.25) is 0 Å². The maximum Gasteiger partial charge on any atom is 0.251 e. The van der Waals surface area contributed by atoms with Gasteiger partial charge in [-0.15, -0.1) is 0 Å². The summed E-state index contributed by atoms with van der Waals surface area (Å²) in [6, 6.07) is 5.61. The van der Waals surface area contributed by atoms with E-state index >= 15 is 0 Å². The molecule has 3 nitrogen and oxygen atoms in total. The van der Waals surface area contributed by atoms with Crippen molar-refractivity contribution in [1.29, 1.82) is 0 Å². The first-order valence-corrected chi connectivity index (χ1v) is 7.21. The molecule has 1 saturated carbocycles. The molecule has 3 N–H and O–H groups in total. The summed E-state index contributed by atoms with van der Waals surface area (Å²) in [4.78, 5) is 12.1. The van der Waals surface area contributed by atoms with Crippen LogP contribution in [0, 0.1) is 5.92 Å². The second-order valence-corrected chi connectivity index (χ2v) is 6.02. The van der Waals surface area contributed by atoms with E-state index in [2.05, 4.69) is 28.2 Å². The van der Waals surface area contributed by atoms with Crippen LogP contribution in [0.3, 0.4) is 0 Å².